The van der Waals surface area contributed by atoms with Gasteiger partial charge < -0.3 is 10.6 Å². The Morgan fingerprint density at radius 3 is 2.44 bits per heavy atom. The van der Waals surface area contributed by atoms with E-state index in [2.05, 4.69) is 38.6 Å². The number of carbonyl (C=O) groups excluding carboxylic acids is 2. The van der Waals surface area contributed by atoms with Gasteiger partial charge in [-0.3, -0.25) is 14.6 Å². The minimum atomic E-state index is -0.216. The number of nitrogens with zero attached hydrogens (tertiary/aromatic N) is 2. The van der Waals surface area contributed by atoms with Gasteiger partial charge in [0.1, 0.15) is 5.82 Å². The molecule has 1 saturated heterocycles. The number of piperidine rings is 1. The van der Waals surface area contributed by atoms with Crippen LogP contribution in [-0.4, -0.2) is 48.3 Å². The van der Waals surface area contributed by atoms with Crippen molar-refractivity contribution in [2.45, 2.75) is 58.2 Å². The van der Waals surface area contributed by atoms with Crippen LogP contribution in [-0.2, 0) is 26.1 Å². The van der Waals surface area contributed by atoms with Gasteiger partial charge in [-0.25, -0.2) is 9.18 Å². The van der Waals surface area contributed by atoms with E-state index in [0.29, 0.717) is 12.3 Å². The summed E-state index contributed by atoms with van der Waals surface area (Å²) in [6, 6.07) is 20.8. The van der Waals surface area contributed by atoms with Crippen LogP contribution in [0, 0.1) is 11.7 Å². The van der Waals surface area contributed by atoms with E-state index in [1.54, 1.807) is 7.05 Å². The highest BCUT2D eigenvalue weighted by Gasteiger charge is 2.22. The molecule has 1 fully saturated rings. The number of ketones is 1. The number of Topliss-reactive ketones (excluding diaryl/α,β-unsaturated/α-hetero) is 1. The lowest BCUT2D eigenvalue weighted by Crippen LogP contribution is -2.33. The van der Waals surface area contributed by atoms with Crippen LogP contribution in [0.4, 0.5) is 14.9 Å². The summed E-state index contributed by atoms with van der Waals surface area (Å²) in [5.74, 6) is 0.608. The van der Waals surface area contributed by atoms with Gasteiger partial charge in [0.15, 0.2) is 5.78 Å². The van der Waals surface area contributed by atoms with Gasteiger partial charge in [0, 0.05) is 44.4 Å². The average Bonchev–Trinajstić information content (AvgIpc) is 3.19. The van der Waals surface area contributed by atoms with E-state index >= 15 is 0 Å². The molecule has 0 saturated carbocycles. The monoisotopic (exact) mass is 556 g/mol. The Hall–Kier alpha value is -3.55. The Labute approximate surface area is 242 Å². The largest absolute Gasteiger partial charge is 0.341 e. The third kappa shape index (κ3) is 8.24. The molecule has 7 heteroatoms. The molecule has 3 aromatic rings. The van der Waals surface area contributed by atoms with Crippen molar-refractivity contribution >= 4 is 17.5 Å². The second kappa shape index (κ2) is 13.9. The van der Waals surface area contributed by atoms with Gasteiger partial charge in [0.2, 0.25) is 0 Å². The maximum absolute atomic E-state index is 13.3. The summed E-state index contributed by atoms with van der Waals surface area (Å²) < 4.78 is 13.3. The first-order valence-corrected chi connectivity index (χ1v) is 14.9. The van der Waals surface area contributed by atoms with Crippen molar-refractivity contribution in [1.29, 1.82) is 0 Å². The van der Waals surface area contributed by atoms with Crippen molar-refractivity contribution in [2.75, 3.05) is 32.0 Å². The molecule has 3 aromatic carbocycles. The van der Waals surface area contributed by atoms with Crippen LogP contribution in [0.3, 0.4) is 0 Å². The Morgan fingerprint density at radius 1 is 0.878 bits per heavy atom. The predicted molar refractivity (Wildman–Crippen MR) is 161 cm³/mol. The number of rotatable bonds is 9. The van der Waals surface area contributed by atoms with Gasteiger partial charge in [0.25, 0.3) is 0 Å². The van der Waals surface area contributed by atoms with Crippen molar-refractivity contribution in [3.63, 3.8) is 0 Å². The highest BCUT2D eigenvalue weighted by Crippen LogP contribution is 2.26. The van der Waals surface area contributed by atoms with Crippen molar-refractivity contribution in [3.8, 4) is 0 Å². The normalized spacial score (nSPS) is 16.5. The number of carbonyl (C=O) groups is 2. The molecule has 0 aliphatic carbocycles. The first kappa shape index (κ1) is 29.0. The van der Waals surface area contributed by atoms with E-state index in [9.17, 15) is 14.0 Å². The van der Waals surface area contributed by atoms with Gasteiger partial charge >= 0.3 is 6.03 Å². The van der Waals surface area contributed by atoms with Gasteiger partial charge in [0.05, 0.1) is 0 Å². The van der Waals surface area contributed by atoms with Crippen LogP contribution in [0.5, 0.6) is 0 Å². The fourth-order valence-corrected chi connectivity index (χ4v) is 6.10. The number of amides is 2. The standard InChI is InChI=1S/C34H41FN4O2/c1-36-34(41)37-32-6-2-4-27(20-32)23-38-18-15-25(16-19-38)9-14-33(40)29-11-10-28-5-3-17-39(24-30(28)21-29)22-26-7-12-31(35)13-8-26/h2,4,6-8,10-13,20-21,25H,3,5,9,14-19,22-24H2,1H3,(H2,36,37,41). The minimum Gasteiger partial charge on any atom is -0.341 e. The average molecular weight is 557 g/mol. The molecule has 2 amide bonds. The van der Waals surface area contributed by atoms with Crippen LogP contribution < -0.4 is 10.6 Å². The second-order valence-corrected chi connectivity index (χ2v) is 11.5. The quantitative estimate of drug-likeness (QED) is 0.300. The second-order valence-electron chi connectivity index (χ2n) is 11.5. The van der Waals surface area contributed by atoms with Crippen LogP contribution in [0.2, 0.25) is 0 Å². The predicted octanol–water partition coefficient (Wildman–Crippen LogP) is 6.40. The zero-order valence-electron chi connectivity index (χ0n) is 24.0. The number of anilines is 1. The molecule has 0 aromatic heterocycles. The molecule has 6 nitrogen and oxygen atoms in total. The number of benzene rings is 3. The molecule has 2 aliphatic rings. The summed E-state index contributed by atoms with van der Waals surface area (Å²) in [6.07, 6.45) is 5.84. The van der Waals surface area contributed by atoms with Crippen molar-refractivity contribution < 1.29 is 14.0 Å². The molecular weight excluding hydrogens is 515 g/mol. The Balaban J connectivity index is 1.09. The molecular formula is C34H41FN4O2. The maximum atomic E-state index is 13.3. The van der Waals surface area contributed by atoms with Gasteiger partial charge in [-0.05, 0) is 110 Å². The van der Waals surface area contributed by atoms with Crippen LogP contribution in [0.15, 0.2) is 66.7 Å². The Morgan fingerprint density at radius 2 is 1.66 bits per heavy atom. The van der Waals surface area contributed by atoms with E-state index in [0.717, 1.165) is 88.2 Å². The molecule has 0 spiro atoms. The fourth-order valence-electron chi connectivity index (χ4n) is 6.10. The van der Waals surface area contributed by atoms with Crippen molar-refractivity contribution in [2.24, 2.45) is 5.92 Å². The molecule has 41 heavy (non-hydrogen) atoms. The number of hydrogen-bond acceptors (Lipinski definition) is 4. The number of nitrogens with one attached hydrogen (secondary N) is 2. The molecule has 0 atom stereocenters. The van der Waals surface area contributed by atoms with Crippen LogP contribution in [0.25, 0.3) is 0 Å². The molecule has 5 rings (SSSR count). The highest BCUT2D eigenvalue weighted by molar-refractivity contribution is 5.96. The zero-order valence-corrected chi connectivity index (χ0v) is 24.0. The van der Waals surface area contributed by atoms with Gasteiger partial charge in [-0.15, -0.1) is 0 Å². The third-order valence-electron chi connectivity index (χ3n) is 8.47. The number of halogens is 1. The molecule has 0 bridgehead atoms. The number of aryl methyl sites for hydroxylation is 1. The molecule has 2 heterocycles. The lowest BCUT2D eigenvalue weighted by molar-refractivity contribution is 0.0961. The van der Waals surface area contributed by atoms with Gasteiger partial charge in [-0.1, -0.05) is 36.4 Å². The lowest BCUT2D eigenvalue weighted by atomic mass is 9.89. The van der Waals surface area contributed by atoms with Gasteiger partial charge in [-0.2, -0.15) is 0 Å². The van der Waals surface area contributed by atoms with E-state index in [-0.39, 0.29) is 17.6 Å². The summed E-state index contributed by atoms with van der Waals surface area (Å²) in [5, 5.41) is 5.42. The molecule has 216 valence electrons. The van der Waals surface area contributed by atoms with Crippen molar-refractivity contribution in [1.82, 2.24) is 15.1 Å². The van der Waals surface area contributed by atoms with E-state index < -0.39 is 0 Å². The summed E-state index contributed by atoms with van der Waals surface area (Å²) in [5.41, 5.74) is 6.51. The first-order valence-electron chi connectivity index (χ1n) is 14.9. The number of hydrogen-bond donors (Lipinski definition) is 2. The fraction of sp³-hybridized carbons (Fsp3) is 0.412. The summed E-state index contributed by atoms with van der Waals surface area (Å²) >= 11 is 0. The van der Waals surface area contributed by atoms with Crippen LogP contribution >= 0.6 is 0 Å². The molecule has 0 radical (unpaired) electrons. The number of fused-ring (bicyclic) bond motifs is 1. The number of likely N-dealkylation sites (tertiary alicyclic amines) is 1. The Bertz CT molecular complexity index is 1330. The summed E-state index contributed by atoms with van der Waals surface area (Å²) in [6.45, 7) is 5.50. The highest BCUT2D eigenvalue weighted by atomic mass is 19.1. The summed E-state index contributed by atoms with van der Waals surface area (Å²) in [7, 11) is 1.61. The third-order valence-corrected chi connectivity index (χ3v) is 8.47. The van der Waals surface area contributed by atoms with Crippen molar-refractivity contribution in [3.05, 3.63) is 100 Å². The zero-order chi connectivity index (χ0) is 28.6. The maximum Gasteiger partial charge on any atom is 0.318 e. The number of urea groups is 1. The smallest absolute Gasteiger partial charge is 0.318 e. The molecule has 2 N–H and O–H groups in total. The first-order chi connectivity index (χ1) is 19.9. The van der Waals surface area contributed by atoms with Crippen LogP contribution in [0.1, 0.15) is 64.7 Å². The molecule has 2 aliphatic heterocycles. The summed E-state index contributed by atoms with van der Waals surface area (Å²) in [4.78, 5) is 29.7. The molecule has 0 unspecified atom stereocenters. The van der Waals surface area contributed by atoms with E-state index in [1.807, 2.05) is 36.4 Å². The minimum absolute atomic E-state index is 0.206. The van der Waals surface area contributed by atoms with E-state index in [4.69, 9.17) is 0 Å². The Kier molecular flexibility index (Phi) is 9.80. The topological polar surface area (TPSA) is 64.7 Å². The van der Waals surface area contributed by atoms with E-state index in [1.165, 1.54) is 28.8 Å². The lowest BCUT2D eigenvalue weighted by Gasteiger charge is -2.32. The SMILES string of the molecule is CNC(=O)Nc1cccc(CN2CCC(CCC(=O)c3ccc4c(c3)CN(Cc3ccc(F)cc3)CCC4)CC2)c1.